The molecule has 0 fully saturated rings. The smallest absolute Gasteiger partial charge is 0.220 e. The molecule has 14 heterocycles. The summed E-state index contributed by atoms with van der Waals surface area (Å²) in [5, 5.41) is 6.89. The third-order valence-corrected chi connectivity index (χ3v) is 19.9. The van der Waals surface area contributed by atoms with Crippen molar-refractivity contribution in [1.29, 1.82) is 0 Å². The Bertz CT molecular complexity index is 3820. The quantitative estimate of drug-likeness (QED) is 0.0885. The van der Waals surface area contributed by atoms with Crippen LogP contribution in [0.3, 0.4) is 0 Å². The van der Waals surface area contributed by atoms with E-state index in [2.05, 4.69) is 166 Å². The molecule has 8 aliphatic heterocycles. The predicted molar refractivity (Wildman–Crippen MR) is 360 cm³/mol. The second-order valence-electron chi connectivity index (χ2n) is 24.4. The molecule has 14 rings (SSSR count). The maximum absolute atomic E-state index is 14.8. The summed E-state index contributed by atoms with van der Waals surface area (Å²) in [6, 6.07) is 9.02. The van der Waals surface area contributed by atoms with Gasteiger partial charge in [0.05, 0.1) is 45.6 Å². The zero-order chi connectivity index (χ0) is 61.2. The van der Waals surface area contributed by atoms with Gasteiger partial charge in [-0.15, -0.1) is 0 Å². The lowest BCUT2D eigenvalue weighted by Gasteiger charge is -2.11. The maximum Gasteiger partial charge on any atom is 0.220 e. The van der Waals surface area contributed by atoms with Crippen molar-refractivity contribution >= 4 is 101 Å². The van der Waals surface area contributed by atoms with Crippen molar-refractivity contribution in [2.24, 2.45) is 0 Å². The number of carbonyl (C=O) groups is 2. The van der Waals surface area contributed by atoms with Crippen LogP contribution >= 0.6 is 0 Å². The van der Waals surface area contributed by atoms with E-state index in [0.29, 0.717) is 38.8 Å². The highest BCUT2D eigenvalue weighted by Gasteiger charge is 2.29. The first kappa shape index (κ1) is 59.9. The molecule has 0 spiro atoms. The highest BCUT2D eigenvalue weighted by atomic mass is 16.2. The van der Waals surface area contributed by atoms with Gasteiger partial charge in [-0.2, -0.15) is 0 Å². The number of H-pyrrole nitrogens is 4. The minimum atomic E-state index is -0.0117. The molecule has 0 saturated carbocycles. The number of hydrogen-bond acceptors (Lipinski definition) is 6. The summed E-state index contributed by atoms with van der Waals surface area (Å²) < 4.78 is 0. The van der Waals surface area contributed by atoms with Crippen LogP contribution in [0.15, 0.2) is 24.3 Å². The van der Waals surface area contributed by atoms with Gasteiger partial charge in [0.25, 0.3) is 0 Å². The number of carbonyl (C=O) groups excluding carboxylic acids is 2. The molecular weight excluding hydrogens is 1060 g/mol. The summed E-state index contributed by atoms with van der Waals surface area (Å²) in [4.78, 5) is 67.9. The van der Waals surface area contributed by atoms with E-state index in [1.165, 1.54) is 66.8 Å². The van der Waals surface area contributed by atoms with Crippen molar-refractivity contribution in [3.05, 3.63) is 137 Å². The van der Waals surface area contributed by atoms with E-state index >= 15 is 0 Å². The van der Waals surface area contributed by atoms with Crippen LogP contribution in [-0.2, 0) is 61.0 Å². The van der Waals surface area contributed by atoms with Crippen LogP contribution in [0.1, 0.15) is 234 Å². The van der Waals surface area contributed by atoms with Gasteiger partial charge < -0.3 is 30.6 Å². The van der Waals surface area contributed by atoms with E-state index in [4.69, 9.17) is 19.9 Å². The van der Waals surface area contributed by atoms with Crippen LogP contribution in [0.2, 0.25) is 0 Å². The Hall–Kier alpha value is -7.86. The topological polar surface area (TPSA) is 173 Å². The number of nitrogens with zero attached hydrogens (tertiary/aromatic N) is 4. The van der Waals surface area contributed by atoms with Crippen LogP contribution in [-0.4, -0.2) is 64.8 Å². The first-order chi connectivity index (χ1) is 41.4. The molecule has 2 amide bonds. The fourth-order valence-electron chi connectivity index (χ4n) is 15.3. The lowest BCUT2D eigenvalue weighted by Crippen LogP contribution is -2.26. The fraction of sp³-hybridized carbons (Fsp3) is 0.432. The molecule has 6 N–H and O–H groups in total. The van der Waals surface area contributed by atoms with Gasteiger partial charge >= 0.3 is 0 Å². The molecule has 12 nitrogen and oxygen atoms in total. The molecule has 0 aromatic carbocycles. The first-order valence-electron chi connectivity index (χ1n) is 32.3. The monoisotopic (exact) mass is 1150 g/mol. The highest BCUT2D eigenvalue weighted by molar-refractivity contribution is 6.00. The van der Waals surface area contributed by atoms with Crippen LogP contribution in [0, 0.1) is 27.7 Å². The molecule has 86 heavy (non-hydrogen) atoms. The minimum absolute atomic E-state index is 0.0117. The van der Waals surface area contributed by atoms with Crippen molar-refractivity contribution in [3.8, 4) is 0 Å². The molecule has 0 radical (unpaired) electrons. The third kappa shape index (κ3) is 10.1. The van der Waals surface area contributed by atoms with Crippen molar-refractivity contribution in [2.75, 3.05) is 13.1 Å². The minimum Gasteiger partial charge on any atom is -0.356 e. The largest absolute Gasteiger partial charge is 0.356 e. The van der Waals surface area contributed by atoms with Gasteiger partial charge in [-0.05, 0) is 246 Å². The summed E-state index contributed by atoms with van der Waals surface area (Å²) in [6.07, 6.45) is 9.11. The molecule has 0 aliphatic carbocycles. The van der Waals surface area contributed by atoms with Gasteiger partial charge in [0, 0.05) is 92.3 Å². The molecule has 6 aromatic heterocycles. The Morgan fingerprint density at radius 2 is 0.570 bits per heavy atom. The van der Waals surface area contributed by atoms with Gasteiger partial charge in [-0.3, -0.25) is 9.59 Å². The lowest BCUT2D eigenvalue weighted by molar-refractivity contribution is -0.121. The molecule has 0 saturated heterocycles. The molecular formula is C74H90N10O2. The number of aromatic nitrogens is 8. The Balaban J connectivity index is 1.20. The van der Waals surface area contributed by atoms with E-state index in [1.807, 2.05) is 0 Å². The Kier molecular flexibility index (Phi) is 16.8. The molecule has 12 heteroatoms. The molecule has 0 atom stereocenters. The molecule has 448 valence electrons. The number of allylic oxidation sites excluding steroid dienone is 8. The van der Waals surface area contributed by atoms with Crippen LogP contribution in [0.5, 0.6) is 0 Å². The number of aryl methyl sites for hydroxylation is 8. The van der Waals surface area contributed by atoms with Crippen molar-refractivity contribution in [1.82, 2.24) is 50.5 Å². The van der Waals surface area contributed by atoms with E-state index in [9.17, 15) is 9.59 Å². The lowest BCUT2D eigenvalue weighted by atomic mass is 9.95. The average Bonchev–Trinajstić information content (AvgIpc) is 2.02. The van der Waals surface area contributed by atoms with E-state index in [1.54, 1.807) is 0 Å². The number of hydrogen-bond donors (Lipinski definition) is 6. The molecule has 20 bridgehead atoms. The third-order valence-electron chi connectivity index (χ3n) is 19.9. The number of aromatic amines is 4. The van der Waals surface area contributed by atoms with Gasteiger partial charge in [-0.25, -0.2) is 19.9 Å². The van der Waals surface area contributed by atoms with Crippen LogP contribution < -0.4 is 10.6 Å². The van der Waals surface area contributed by atoms with Gasteiger partial charge in [-0.1, -0.05) is 55.4 Å². The van der Waals surface area contributed by atoms with Gasteiger partial charge in [0.1, 0.15) is 0 Å². The number of rotatable bonds is 8. The van der Waals surface area contributed by atoms with Crippen molar-refractivity contribution < 1.29 is 9.59 Å². The van der Waals surface area contributed by atoms with Crippen LogP contribution in [0.25, 0.3) is 88.7 Å². The molecule has 6 aromatic rings. The Morgan fingerprint density at radius 3 is 0.791 bits per heavy atom. The summed E-state index contributed by atoms with van der Waals surface area (Å²) in [5.41, 5.74) is 39.0. The Morgan fingerprint density at radius 1 is 0.326 bits per heavy atom. The second-order valence-corrected chi connectivity index (χ2v) is 24.4. The van der Waals surface area contributed by atoms with Crippen LogP contribution in [0.4, 0.5) is 0 Å². The maximum atomic E-state index is 14.8. The molecule has 8 aliphatic rings. The zero-order valence-electron chi connectivity index (χ0n) is 54.2. The van der Waals surface area contributed by atoms with Gasteiger partial charge in [0.2, 0.25) is 11.8 Å². The SMILES string of the molecule is CCC1=C(C)c2nc1cc1[nH]c(c(C)c1CC)c1c3[nH]c(cc4nc(c2CCC(=O)NCCc2c5[nH]c(cc6nc(c(c7nc(cc8[nH]c2c(C)c8CC)C(CC)=C7C)CCC(=O)NCC1)C(C)=C6CC)c(CC)c5C)C(C)=C4CC)c(CC)c3C. The molecule has 0 unspecified atom stereocenters. The van der Waals surface area contributed by atoms with E-state index < -0.39 is 0 Å². The summed E-state index contributed by atoms with van der Waals surface area (Å²) in [7, 11) is 0. The zero-order valence-corrected chi connectivity index (χ0v) is 54.2. The Labute approximate surface area is 508 Å². The fourth-order valence-corrected chi connectivity index (χ4v) is 15.3. The number of amides is 2. The second kappa shape index (κ2) is 24.1. The van der Waals surface area contributed by atoms with Gasteiger partial charge in [0.15, 0.2) is 0 Å². The first-order valence-corrected chi connectivity index (χ1v) is 32.3. The normalized spacial score (nSPS) is 15.5. The average molecular weight is 1150 g/mol. The van der Waals surface area contributed by atoms with E-state index in [0.717, 1.165) is 186 Å². The summed E-state index contributed by atoms with van der Waals surface area (Å²) >= 11 is 0. The summed E-state index contributed by atoms with van der Waals surface area (Å²) in [6.45, 7) is 36.4. The van der Waals surface area contributed by atoms with E-state index in [-0.39, 0.29) is 24.7 Å². The predicted octanol–water partition coefficient (Wildman–Crippen LogP) is 16.7. The van der Waals surface area contributed by atoms with Crippen molar-refractivity contribution in [3.63, 3.8) is 0 Å². The van der Waals surface area contributed by atoms with Crippen molar-refractivity contribution in [2.45, 2.75) is 201 Å². The highest BCUT2D eigenvalue weighted by Crippen LogP contribution is 2.43. The number of nitrogens with one attached hydrogen (secondary N) is 6. The summed E-state index contributed by atoms with van der Waals surface area (Å²) in [5.74, 6) is -0.0235. The standard InChI is InChI=1S/C74H90N10O2/c1-17-45-37(9)67-53-25-27-65(85)75-32-30-56-73-43(15)51(23-7)63(83-73)35-59-47(19-3)39(11)69(79-59)54(70-40(12)48(20-4)60(80-70)36-64-52(24-8)44(16)74(56)84-64)26-28-66(86)76-31-29-55(71-41(13)49(21-5)61(81-71)33-57(45)77-67)72-42(14)50(22-6)62(82-72)34-58-46(18-2)38(10)68(53)78-58/h33-36,81-84H,17-32H2,1-16H3,(H,75,85)(H,76,86).